The summed E-state index contributed by atoms with van der Waals surface area (Å²) >= 11 is 1.42. The van der Waals surface area contributed by atoms with Gasteiger partial charge in [0.15, 0.2) is 0 Å². The molecule has 0 saturated carbocycles. The molecule has 0 radical (unpaired) electrons. The maximum atomic E-state index is 12.1. The molecule has 0 unspecified atom stereocenters. The predicted molar refractivity (Wildman–Crippen MR) is 81.4 cm³/mol. The summed E-state index contributed by atoms with van der Waals surface area (Å²) in [7, 11) is -3.48. The smallest absolute Gasteiger partial charge is 0.240 e. The van der Waals surface area contributed by atoms with Crippen LogP contribution in [0.5, 0.6) is 0 Å². The molecule has 0 atom stereocenters. The molecule has 0 aliphatic rings. The van der Waals surface area contributed by atoms with Crippen LogP contribution in [0.25, 0.3) is 0 Å². The Bertz CT molecular complexity index is 622. The molecule has 0 aliphatic heterocycles. The topological polar surface area (TPSA) is 71.1 Å². The summed E-state index contributed by atoms with van der Waals surface area (Å²) < 4.78 is 26.7. The summed E-state index contributed by atoms with van der Waals surface area (Å²) in [5.41, 5.74) is 0.922. The van der Waals surface area contributed by atoms with E-state index in [0.29, 0.717) is 0 Å². The van der Waals surface area contributed by atoms with Gasteiger partial charge in [-0.3, -0.25) is 0 Å². The Labute approximate surface area is 123 Å². The van der Waals surface area contributed by atoms with Crippen molar-refractivity contribution in [2.75, 3.05) is 11.9 Å². The lowest BCUT2D eigenvalue weighted by molar-refractivity contribution is 0.581. The second kappa shape index (κ2) is 6.83. The van der Waals surface area contributed by atoms with Crippen LogP contribution < -0.4 is 10.0 Å². The molecule has 20 heavy (non-hydrogen) atoms. The van der Waals surface area contributed by atoms with Gasteiger partial charge in [-0.2, -0.15) is 0 Å². The Morgan fingerprint density at radius 2 is 2.00 bits per heavy atom. The SMILES string of the molecule is CCCNc1ccc(S(=O)(=O)NCc2nccs2)cc1. The summed E-state index contributed by atoms with van der Waals surface area (Å²) in [6, 6.07) is 6.74. The van der Waals surface area contributed by atoms with Gasteiger partial charge in [-0.1, -0.05) is 6.92 Å². The fourth-order valence-corrected chi connectivity index (χ4v) is 3.24. The number of sulfonamides is 1. The Hall–Kier alpha value is -1.44. The largest absolute Gasteiger partial charge is 0.385 e. The first-order chi connectivity index (χ1) is 9.62. The molecule has 2 rings (SSSR count). The van der Waals surface area contributed by atoms with Crippen molar-refractivity contribution in [1.29, 1.82) is 0 Å². The number of rotatable bonds is 7. The highest BCUT2D eigenvalue weighted by molar-refractivity contribution is 7.89. The average molecular weight is 311 g/mol. The van der Waals surface area contributed by atoms with E-state index >= 15 is 0 Å². The van der Waals surface area contributed by atoms with Crippen molar-refractivity contribution in [3.8, 4) is 0 Å². The van der Waals surface area contributed by atoms with Crippen LogP contribution in [0.2, 0.25) is 0 Å². The number of anilines is 1. The Balaban J connectivity index is 2.01. The third-order valence-corrected chi connectivity index (χ3v) is 4.84. The van der Waals surface area contributed by atoms with E-state index in [1.54, 1.807) is 30.5 Å². The molecule has 108 valence electrons. The third-order valence-electron chi connectivity index (χ3n) is 2.64. The summed E-state index contributed by atoms with van der Waals surface area (Å²) in [5.74, 6) is 0. The second-order valence-corrected chi connectivity index (χ2v) is 6.95. The van der Waals surface area contributed by atoms with Gasteiger partial charge >= 0.3 is 0 Å². The number of aromatic nitrogens is 1. The summed E-state index contributed by atoms with van der Waals surface area (Å²) in [6.45, 7) is 3.17. The predicted octanol–water partition coefficient (Wildman–Crippen LogP) is 2.44. The maximum absolute atomic E-state index is 12.1. The van der Waals surface area contributed by atoms with Crippen LogP contribution in [0.15, 0.2) is 40.7 Å². The highest BCUT2D eigenvalue weighted by Gasteiger charge is 2.13. The number of nitrogens with one attached hydrogen (secondary N) is 2. The quantitative estimate of drug-likeness (QED) is 0.824. The van der Waals surface area contributed by atoms with Gasteiger partial charge in [-0.15, -0.1) is 11.3 Å². The summed E-state index contributed by atoms with van der Waals surface area (Å²) in [6.07, 6.45) is 2.68. The van der Waals surface area contributed by atoms with E-state index in [1.807, 2.05) is 5.38 Å². The molecule has 0 bridgehead atoms. The molecule has 0 aliphatic carbocycles. The molecule has 5 nitrogen and oxygen atoms in total. The first-order valence-electron chi connectivity index (χ1n) is 6.34. The zero-order valence-corrected chi connectivity index (χ0v) is 12.8. The van der Waals surface area contributed by atoms with Crippen molar-refractivity contribution >= 4 is 27.0 Å². The zero-order valence-electron chi connectivity index (χ0n) is 11.2. The minimum atomic E-state index is -3.48. The minimum absolute atomic E-state index is 0.218. The number of benzene rings is 1. The van der Waals surface area contributed by atoms with Crippen molar-refractivity contribution < 1.29 is 8.42 Å². The Morgan fingerprint density at radius 1 is 1.25 bits per heavy atom. The fraction of sp³-hybridized carbons (Fsp3) is 0.308. The third kappa shape index (κ3) is 4.03. The van der Waals surface area contributed by atoms with E-state index in [2.05, 4.69) is 21.9 Å². The highest BCUT2D eigenvalue weighted by atomic mass is 32.2. The summed E-state index contributed by atoms with van der Waals surface area (Å²) in [4.78, 5) is 4.30. The van der Waals surface area contributed by atoms with Crippen molar-refractivity contribution in [3.63, 3.8) is 0 Å². The van der Waals surface area contributed by atoms with Gasteiger partial charge in [-0.05, 0) is 30.7 Å². The maximum Gasteiger partial charge on any atom is 0.240 e. The molecule has 0 fully saturated rings. The molecule has 2 aromatic rings. The molecule has 1 heterocycles. The molecule has 7 heteroatoms. The van der Waals surface area contributed by atoms with E-state index < -0.39 is 10.0 Å². The van der Waals surface area contributed by atoms with Crippen LogP contribution >= 0.6 is 11.3 Å². The van der Waals surface area contributed by atoms with E-state index in [0.717, 1.165) is 23.7 Å². The first kappa shape index (κ1) is 15.0. The van der Waals surface area contributed by atoms with E-state index in [1.165, 1.54) is 11.3 Å². The van der Waals surface area contributed by atoms with Gasteiger partial charge in [0.1, 0.15) is 5.01 Å². The van der Waals surface area contributed by atoms with Crippen LogP contribution in [-0.2, 0) is 16.6 Å². The van der Waals surface area contributed by atoms with Gasteiger partial charge in [0.25, 0.3) is 0 Å². The van der Waals surface area contributed by atoms with Crippen LogP contribution in [0.3, 0.4) is 0 Å². The van der Waals surface area contributed by atoms with Crippen LogP contribution in [-0.4, -0.2) is 19.9 Å². The van der Waals surface area contributed by atoms with Crippen LogP contribution in [0, 0.1) is 0 Å². The molecule has 2 N–H and O–H groups in total. The molecule has 0 saturated heterocycles. The van der Waals surface area contributed by atoms with Crippen molar-refractivity contribution in [2.24, 2.45) is 0 Å². The van der Waals surface area contributed by atoms with Gasteiger partial charge in [0, 0.05) is 23.8 Å². The van der Waals surface area contributed by atoms with E-state index in [-0.39, 0.29) is 11.4 Å². The van der Waals surface area contributed by atoms with E-state index in [4.69, 9.17) is 0 Å². The number of hydrogen-bond acceptors (Lipinski definition) is 5. The fourth-order valence-electron chi connectivity index (χ4n) is 1.60. The van der Waals surface area contributed by atoms with Gasteiger partial charge in [-0.25, -0.2) is 18.1 Å². The highest BCUT2D eigenvalue weighted by Crippen LogP contribution is 2.14. The van der Waals surface area contributed by atoms with Crippen molar-refractivity contribution in [2.45, 2.75) is 24.8 Å². The van der Waals surface area contributed by atoms with Crippen molar-refractivity contribution in [1.82, 2.24) is 9.71 Å². The van der Waals surface area contributed by atoms with Gasteiger partial charge in [0.05, 0.1) is 11.4 Å². The van der Waals surface area contributed by atoms with Gasteiger partial charge in [0.2, 0.25) is 10.0 Å². The Kier molecular flexibility index (Phi) is 5.11. The molecule has 1 aromatic carbocycles. The number of thiazole rings is 1. The van der Waals surface area contributed by atoms with Crippen LogP contribution in [0.1, 0.15) is 18.4 Å². The summed E-state index contributed by atoms with van der Waals surface area (Å²) in [5, 5.41) is 5.77. The lowest BCUT2D eigenvalue weighted by atomic mass is 10.3. The normalized spacial score (nSPS) is 11.4. The number of nitrogens with zero attached hydrogens (tertiary/aromatic N) is 1. The molecule has 0 spiro atoms. The van der Waals surface area contributed by atoms with Gasteiger partial charge < -0.3 is 5.32 Å². The molecule has 0 amide bonds. The van der Waals surface area contributed by atoms with E-state index in [9.17, 15) is 8.42 Å². The van der Waals surface area contributed by atoms with Crippen LogP contribution in [0.4, 0.5) is 5.69 Å². The number of hydrogen-bond donors (Lipinski definition) is 2. The standard InChI is InChI=1S/C13H17N3O2S2/c1-2-7-14-11-3-5-12(6-4-11)20(17,18)16-10-13-15-8-9-19-13/h3-6,8-9,14,16H,2,7,10H2,1H3. The van der Waals surface area contributed by atoms with Crippen molar-refractivity contribution in [3.05, 3.63) is 40.8 Å². The monoisotopic (exact) mass is 311 g/mol. The molecular formula is C13H17N3O2S2. The first-order valence-corrected chi connectivity index (χ1v) is 8.70. The lowest BCUT2D eigenvalue weighted by Gasteiger charge is -2.08. The Morgan fingerprint density at radius 3 is 2.60 bits per heavy atom. The minimum Gasteiger partial charge on any atom is -0.385 e. The molecule has 1 aromatic heterocycles. The second-order valence-electron chi connectivity index (χ2n) is 4.20. The molecular weight excluding hydrogens is 294 g/mol. The lowest BCUT2D eigenvalue weighted by Crippen LogP contribution is -2.23. The zero-order chi connectivity index (χ0) is 14.4. The average Bonchev–Trinajstić information content (AvgIpc) is 2.97.